The number of benzene rings is 3. The summed E-state index contributed by atoms with van der Waals surface area (Å²) in [5.74, 6) is 0.710. The zero-order valence-electron chi connectivity index (χ0n) is 16.7. The van der Waals surface area contributed by atoms with E-state index in [2.05, 4.69) is 20.7 Å². The molecule has 0 aliphatic rings. The van der Waals surface area contributed by atoms with Crippen LogP contribution in [0.1, 0.15) is 20.7 Å². The van der Waals surface area contributed by atoms with Gasteiger partial charge in [0.05, 0.1) is 7.11 Å². The zero-order chi connectivity index (χ0) is 21.6. The highest BCUT2D eigenvalue weighted by atomic mass is 16.5. The molecule has 0 saturated carbocycles. The van der Waals surface area contributed by atoms with E-state index in [9.17, 15) is 9.59 Å². The van der Waals surface area contributed by atoms with E-state index in [0.29, 0.717) is 28.4 Å². The van der Waals surface area contributed by atoms with Gasteiger partial charge in [0.25, 0.3) is 5.91 Å². The van der Waals surface area contributed by atoms with Crippen LogP contribution in [0.3, 0.4) is 0 Å². The van der Waals surface area contributed by atoms with E-state index >= 15 is 0 Å². The second-order valence-corrected chi connectivity index (χ2v) is 6.70. The van der Waals surface area contributed by atoms with Gasteiger partial charge in [-0.25, -0.2) is 0 Å². The third-order valence-corrected chi connectivity index (χ3v) is 4.57. The molecule has 1 amide bonds. The van der Waals surface area contributed by atoms with E-state index in [4.69, 9.17) is 4.74 Å². The van der Waals surface area contributed by atoms with E-state index < -0.39 is 0 Å². The fraction of sp³-hybridized carbons (Fsp3) is 0.0870. The van der Waals surface area contributed by atoms with Gasteiger partial charge in [-0.2, -0.15) is 4.80 Å². The first-order valence-corrected chi connectivity index (χ1v) is 9.54. The van der Waals surface area contributed by atoms with Crippen molar-refractivity contribution in [1.82, 2.24) is 20.2 Å². The van der Waals surface area contributed by atoms with Gasteiger partial charge in [-0.15, -0.1) is 10.2 Å². The molecule has 0 bridgehead atoms. The third kappa shape index (κ3) is 4.81. The summed E-state index contributed by atoms with van der Waals surface area (Å²) < 4.78 is 5.20. The Balaban J connectivity index is 1.40. The summed E-state index contributed by atoms with van der Waals surface area (Å²) in [6.45, 7) is -0.0489. The van der Waals surface area contributed by atoms with Crippen molar-refractivity contribution >= 4 is 17.4 Å². The molecule has 3 aromatic carbocycles. The summed E-state index contributed by atoms with van der Waals surface area (Å²) >= 11 is 0. The summed E-state index contributed by atoms with van der Waals surface area (Å²) in [6.07, 6.45) is 0. The Kier molecular flexibility index (Phi) is 5.79. The second kappa shape index (κ2) is 9.00. The summed E-state index contributed by atoms with van der Waals surface area (Å²) in [5, 5.41) is 15.0. The second-order valence-electron chi connectivity index (χ2n) is 6.70. The van der Waals surface area contributed by atoms with Gasteiger partial charge in [-0.1, -0.05) is 30.3 Å². The molecule has 1 N–H and O–H groups in total. The van der Waals surface area contributed by atoms with Crippen molar-refractivity contribution in [2.45, 2.75) is 6.54 Å². The third-order valence-electron chi connectivity index (χ3n) is 4.57. The first kappa shape index (κ1) is 20.0. The minimum Gasteiger partial charge on any atom is -0.497 e. The molecule has 0 aliphatic carbocycles. The summed E-state index contributed by atoms with van der Waals surface area (Å²) in [5.41, 5.74) is 2.39. The van der Waals surface area contributed by atoms with E-state index in [-0.39, 0.29) is 18.2 Å². The first-order valence-electron chi connectivity index (χ1n) is 9.54. The van der Waals surface area contributed by atoms with E-state index in [1.54, 1.807) is 61.7 Å². The number of rotatable bonds is 7. The molecule has 4 rings (SSSR count). The summed E-state index contributed by atoms with van der Waals surface area (Å²) in [4.78, 5) is 26.1. The molecule has 154 valence electrons. The maximum atomic E-state index is 12.6. The Morgan fingerprint density at radius 2 is 1.71 bits per heavy atom. The Morgan fingerprint density at radius 1 is 0.935 bits per heavy atom. The van der Waals surface area contributed by atoms with Gasteiger partial charge < -0.3 is 10.1 Å². The van der Waals surface area contributed by atoms with Crippen LogP contribution in [0.2, 0.25) is 0 Å². The monoisotopic (exact) mass is 413 g/mol. The highest BCUT2D eigenvalue weighted by Crippen LogP contribution is 2.20. The number of hydrogen-bond donors (Lipinski definition) is 1. The number of Topliss-reactive ketones (excluding diaryl/α,β-unsaturated/α-hetero) is 1. The molecule has 8 heteroatoms. The lowest BCUT2D eigenvalue weighted by Gasteiger charge is -2.06. The topological polar surface area (TPSA) is 99.0 Å². The number of nitrogens with zero attached hydrogens (tertiary/aromatic N) is 4. The van der Waals surface area contributed by atoms with Gasteiger partial charge in [0.2, 0.25) is 5.82 Å². The quantitative estimate of drug-likeness (QED) is 0.466. The van der Waals surface area contributed by atoms with Crippen molar-refractivity contribution in [1.29, 1.82) is 0 Å². The van der Waals surface area contributed by atoms with Crippen LogP contribution < -0.4 is 10.1 Å². The van der Waals surface area contributed by atoms with Crippen LogP contribution in [0.15, 0.2) is 78.9 Å². The number of anilines is 1. The number of ketones is 1. The molecule has 4 aromatic rings. The fourth-order valence-electron chi connectivity index (χ4n) is 2.94. The SMILES string of the molecule is COc1cccc(-c2nnn(CC(=O)c3ccc(NC(=O)c4ccccc4)cc3)n2)c1. The average molecular weight is 413 g/mol. The van der Waals surface area contributed by atoms with Crippen LogP contribution in [0.4, 0.5) is 5.69 Å². The van der Waals surface area contributed by atoms with Crippen molar-refractivity contribution in [2.24, 2.45) is 0 Å². The van der Waals surface area contributed by atoms with Crippen molar-refractivity contribution < 1.29 is 14.3 Å². The lowest BCUT2D eigenvalue weighted by Crippen LogP contribution is -2.14. The number of amides is 1. The number of nitrogens with one attached hydrogen (secondary N) is 1. The van der Waals surface area contributed by atoms with E-state index in [1.807, 2.05) is 24.3 Å². The highest BCUT2D eigenvalue weighted by molar-refractivity contribution is 6.04. The van der Waals surface area contributed by atoms with Gasteiger partial charge >= 0.3 is 0 Å². The number of tetrazole rings is 1. The molecule has 0 spiro atoms. The lowest BCUT2D eigenvalue weighted by atomic mass is 10.1. The van der Waals surface area contributed by atoms with Gasteiger partial charge in [0, 0.05) is 22.4 Å². The average Bonchev–Trinajstić information content (AvgIpc) is 3.28. The predicted octanol–water partition coefficient (Wildman–Crippen LogP) is 3.48. The molecule has 31 heavy (non-hydrogen) atoms. The smallest absolute Gasteiger partial charge is 0.255 e. The normalized spacial score (nSPS) is 10.5. The van der Waals surface area contributed by atoms with Crippen molar-refractivity contribution in [3.8, 4) is 17.1 Å². The van der Waals surface area contributed by atoms with E-state index in [0.717, 1.165) is 5.56 Å². The molecule has 0 atom stereocenters. The van der Waals surface area contributed by atoms with Gasteiger partial charge in [0.15, 0.2) is 5.78 Å². The summed E-state index contributed by atoms with van der Waals surface area (Å²) in [6, 6.07) is 22.9. The molecule has 8 nitrogen and oxygen atoms in total. The number of aromatic nitrogens is 4. The van der Waals surface area contributed by atoms with Crippen LogP contribution in [-0.2, 0) is 6.54 Å². The molecule has 0 aliphatic heterocycles. The molecular weight excluding hydrogens is 394 g/mol. The van der Waals surface area contributed by atoms with Crippen LogP contribution >= 0.6 is 0 Å². The molecule has 0 radical (unpaired) electrons. The number of methoxy groups -OCH3 is 1. The minimum absolute atomic E-state index is 0.0489. The molecule has 0 saturated heterocycles. The van der Waals surface area contributed by atoms with Crippen molar-refractivity contribution in [3.63, 3.8) is 0 Å². The molecule has 0 unspecified atom stereocenters. The number of ether oxygens (including phenoxy) is 1. The van der Waals surface area contributed by atoms with E-state index in [1.165, 1.54) is 4.80 Å². The fourth-order valence-corrected chi connectivity index (χ4v) is 2.94. The first-order chi connectivity index (χ1) is 15.1. The maximum Gasteiger partial charge on any atom is 0.255 e. The van der Waals surface area contributed by atoms with Gasteiger partial charge in [-0.3, -0.25) is 9.59 Å². The highest BCUT2D eigenvalue weighted by Gasteiger charge is 2.12. The van der Waals surface area contributed by atoms with Crippen LogP contribution in [0, 0.1) is 0 Å². The minimum atomic E-state index is -0.212. The maximum absolute atomic E-state index is 12.6. The molecule has 0 fully saturated rings. The Morgan fingerprint density at radius 3 is 2.45 bits per heavy atom. The number of carbonyl (C=O) groups excluding carboxylic acids is 2. The van der Waals surface area contributed by atoms with Crippen LogP contribution in [0.25, 0.3) is 11.4 Å². The largest absolute Gasteiger partial charge is 0.497 e. The van der Waals surface area contributed by atoms with Crippen molar-refractivity contribution in [2.75, 3.05) is 12.4 Å². The van der Waals surface area contributed by atoms with Crippen LogP contribution in [-0.4, -0.2) is 39.0 Å². The molecular formula is C23H19N5O3. The van der Waals surface area contributed by atoms with Crippen LogP contribution in [0.5, 0.6) is 5.75 Å². The number of carbonyl (C=O) groups is 2. The number of hydrogen-bond acceptors (Lipinski definition) is 6. The van der Waals surface area contributed by atoms with Crippen molar-refractivity contribution in [3.05, 3.63) is 90.0 Å². The summed E-state index contributed by atoms with van der Waals surface area (Å²) in [7, 11) is 1.58. The Labute approximate surface area is 178 Å². The van der Waals surface area contributed by atoms with Gasteiger partial charge in [-0.05, 0) is 53.7 Å². The lowest BCUT2D eigenvalue weighted by molar-refractivity contribution is 0.0960. The molecule has 1 heterocycles. The zero-order valence-corrected chi connectivity index (χ0v) is 16.7. The van der Waals surface area contributed by atoms with Gasteiger partial charge in [0.1, 0.15) is 12.3 Å². The Bertz CT molecular complexity index is 1200. The molecule has 1 aromatic heterocycles. The standard InChI is InChI=1S/C23H19N5O3/c1-31-20-9-5-8-18(14-20)22-25-27-28(26-22)15-21(29)16-10-12-19(13-11-16)24-23(30)17-6-3-2-4-7-17/h2-14H,15H2,1H3,(H,24,30). The predicted molar refractivity (Wildman–Crippen MR) is 115 cm³/mol. The Hall–Kier alpha value is -4.33.